The average Bonchev–Trinajstić information content (AvgIpc) is 2.37. The topological polar surface area (TPSA) is 22.1 Å². The normalized spacial score (nSPS) is 15.6. The summed E-state index contributed by atoms with van der Waals surface area (Å²) in [6, 6.07) is 6.26. The van der Waals surface area contributed by atoms with Gasteiger partial charge in [-0.25, -0.2) is 0 Å². The summed E-state index contributed by atoms with van der Waals surface area (Å²) in [5.74, 6) is 0. The zero-order valence-corrected chi connectivity index (χ0v) is 12.3. The molecule has 0 saturated heterocycles. The first-order valence-corrected chi connectivity index (χ1v) is 7.04. The Labute approximate surface area is 118 Å². The summed E-state index contributed by atoms with van der Waals surface area (Å²) in [7, 11) is 0. The molecule has 1 aliphatic rings. The summed E-state index contributed by atoms with van der Waals surface area (Å²) >= 11 is 6.56. The van der Waals surface area contributed by atoms with Crippen molar-refractivity contribution in [3.8, 4) is 0 Å². The van der Waals surface area contributed by atoms with Gasteiger partial charge in [0.1, 0.15) is 0 Å². The van der Waals surface area contributed by atoms with Gasteiger partial charge in [-0.15, -0.1) is 0 Å². The second-order valence-corrected chi connectivity index (χ2v) is 6.48. The van der Waals surface area contributed by atoms with Gasteiger partial charge >= 0.3 is 0 Å². The largest absolute Gasteiger partial charge is 0.376 e. The van der Waals surface area contributed by atoms with Gasteiger partial charge in [-0.1, -0.05) is 50.6 Å². The molecular formula is C16H18ClNO. The number of halogens is 1. The number of fused-ring (bicyclic) bond motifs is 2. The van der Waals surface area contributed by atoms with E-state index in [4.69, 9.17) is 21.3 Å². The Morgan fingerprint density at radius 3 is 2.79 bits per heavy atom. The lowest BCUT2D eigenvalue weighted by Crippen LogP contribution is -2.16. The maximum absolute atomic E-state index is 6.56. The Morgan fingerprint density at radius 2 is 2.05 bits per heavy atom. The van der Waals surface area contributed by atoms with Crippen LogP contribution in [0.15, 0.2) is 18.2 Å². The number of benzene rings is 1. The molecule has 0 bridgehead atoms. The third kappa shape index (κ3) is 2.13. The molecule has 2 aromatic rings. The molecule has 3 heteroatoms. The van der Waals surface area contributed by atoms with Gasteiger partial charge in [0.05, 0.1) is 29.4 Å². The van der Waals surface area contributed by atoms with E-state index in [2.05, 4.69) is 39.0 Å². The lowest BCUT2D eigenvalue weighted by atomic mass is 9.85. The van der Waals surface area contributed by atoms with Crippen molar-refractivity contribution in [2.75, 3.05) is 6.61 Å². The Bertz CT molecular complexity index is 643. The predicted octanol–water partition coefficient (Wildman–Crippen LogP) is 4.26. The number of hydrogen-bond acceptors (Lipinski definition) is 2. The molecule has 19 heavy (non-hydrogen) atoms. The van der Waals surface area contributed by atoms with Crippen molar-refractivity contribution < 1.29 is 4.74 Å². The minimum Gasteiger partial charge on any atom is -0.376 e. The maximum Gasteiger partial charge on any atom is 0.0757 e. The number of nitrogens with zero attached hydrogens (tertiary/aromatic N) is 1. The molecule has 100 valence electrons. The van der Waals surface area contributed by atoms with E-state index in [1.807, 2.05) is 0 Å². The van der Waals surface area contributed by atoms with Crippen molar-refractivity contribution in [3.63, 3.8) is 0 Å². The molecule has 0 radical (unpaired) electrons. The van der Waals surface area contributed by atoms with E-state index in [0.717, 1.165) is 40.2 Å². The Hall–Kier alpha value is -1.12. The highest BCUT2D eigenvalue weighted by Crippen LogP contribution is 2.36. The lowest BCUT2D eigenvalue weighted by molar-refractivity contribution is 0.109. The van der Waals surface area contributed by atoms with E-state index in [-0.39, 0.29) is 5.41 Å². The number of pyridine rings is 1. The van der Waals surface area contributed by atoms with E-state index >= 15 is 0 Å². The van der Waals surface area contributed by atoms with Crippen LogP contribution in [-0.4, -0.2) is 11.6 Å². The molecule has 0 fully saturated rings. The molecule has 0 unspecified atom stereocenters. The fourth-order valence-corrected chi connectivity index (χ4v) is 2.95. The SMILES string of the molecule is CC(C)(C)c1cccc2c(Cl)c3c(nc12)CCOC3. The number of para-hydroxylation sites is 1. The van der Waals surface area contributed by atoms with E-state index < -0.39 is 0 Å². The quantitative estimate of drug-likeness (QED) is 0.717. The molecule has 0 spiro atoms. The maximum atomic E-state index is 6.56. The van der Waals surface area contributed by atoms with Crippen LogP contribution in [0.4, 0.5) is 0 Å². The van der Waals surface area contributed by atoms with E-state index in [0.29, 0.717) is 6.61 Å². The third-order valence-corrected chi connectivity index (χ3v) is 4.10. The molecule has 2 heterocycles. The molecule has 0 atom stereocenters. The van der Waals surface area contributed by atoms with E-state index in [1.165, 1.54) is 5.56 Å². The van der Waals surface area contributed by atoms with E-state index in [9.17, 15) is 0 Å². The zero-order valence-electron chi connectivity index (χ0n) is 11.6. The van der Waals surface area contributed by atoms with Crippen molar-refractivity contribution in [1.82, 2.24) is 4.98 Å². The van der Waals surface area contributed by atoms with Crippen LogP contribution in [0.2, 0.25) is 5.02 Å². The average molecular weight is 276 g/mol. The third-order valence-electron chi connectivity index (χ3n) is 3.67. The minimum absolute atomic E-state index is 0.0647. The smallest absolute Gasteiger partial charge is 0.0757 e. The van der Waals surface area contributed by atoms with Crippen LogP contribution >= 0.6 is 11.6 Å². The van der Waals surface area contributed by atoms with Crippen molar-refractivity contribution >= 4 is 22.5 Å². The van der Waals surface area contributed by atoms with Gasteiger partial charge in [0.15, 0.2) is 0 Å². The molecule has 0 saturated carbocycles. The Morgan fingerprint density at radius 1 is 1.26 bits per heavy atom. The lowest BCUT2D eigenvalue weighted by Gasteiger charge is -2.24. The van der Waals surface area contributed by atoms with Crippen LogP contribution in [0.3, 0.4) is 0 Å². The van der Waals surface area contributed by atoms with Crippen LogP contribution in [0.5, 0.6) is 0 Å². The molecule has 1 aromatic carbocycles. The summed E-state index contributed by atoms with van der Waals surface area (Å²) in [4.78, 5) is 4.88. The fourth-order valence-electron chi connectivity index (χ4n) is 2.63. The second-order valence-electron chi connectivity index (χ2n) is 6.11. The van der Waals surface area contributed by atoms with Crippen molar-refractivity contribution in [2.24, 2.45) is 0 Å². The minimum atomic E-state index is 0.0647. The van der Waals surface area contributed by atoms with Crippen molar-refractivity contribution in [1.29, 1.82) is 0 Å². The fraction of sp³-hybridized carbons (Fsp3) is 0.438. The molecule has 1 aliphatic heterocycles. The Balaban J connectivity index is 2.36. The highest BCUT2D eigenvalue weighted by atomic mass is 35.5. The number of rotatable bonds is 0. The number of aromatic nitrogens is 1. The van der Waals surface area contributed by atoms with Gasteiger partial charge in [-0.3, -0.25) is 4.98 Å². The van der Waals surface area contributed by atoms with Gasteiger partial charge in [0, 0.05) is 17.4 Å². The van der Waals surface area contributed by atoms with Crippen LogP contribution in [0.25, 0.3) is 10.9 Å². The van der Waals surface area contributed by atoms with Gasteiger partial charge in [0.25, 0.3) is 0 Å². The van der Waals surface area contributed by atoms with Crippen molar-refractivity contribution in [3.05, 3.63) is 40.0 Å². The molecule has 2 nitrogen and oxygen atoms in total. The standard InChI is InChI=1S/C16H18ClNO/c1-16(2,3)12-6-4-5-10-14(17)11-9-19-8-7-13(11)18-15(10)12/h4-6H,7-9H2,1-3H3. The van der Waals surface area contributed by atoms with E-state index in [1.54, 1.807) is 0 Å². The first kappa shape index (κ1) is 12.9. The van der Waals surface area contributed by atoms with Crippen LogP contribution in [0.1, 0.15) is 37.6 Å². The van der Waals surface area contributed by atoms with Crippen LogP contribution in [0, 0.1) is 0 Å². The first-order valence-electron chi connectivity index (χ1n) is 6.66. The monoisotopic (exact) mass is 275 g/mol. The van der Waals surface area contributed by atoms with Crippen LogP contribution in [-0.2, 0) is 23.2 Å². The summed E-state index contributed by atoms with van der Waals surface area (Å²) in [6.07, 6.45) is 0.851. The molecule has 1 aromatic heterocycles. The highest BCUT2D eigenvalue weighted by molar-refractivity contribution is 6.36. The van der Waals surface area contributed by atoms with Gasteiger partial charge in [-0.05, 0) is 11.0 Å². The molecular weight excluding hydrogens is 258 g/mol. The first-order chi connectivity index (χ1) is 8.98. The van der Waals surface area contributed by atoms with Crippen molar-refractivity contribution in [2.45, 2.75) is 39.2 Å². The Kier molecular flexibility index (Phi) is 3.03. The summed E-state index contributed by atoms with van der Waals surface area (Å²) in [5.41, 5.74) is 4.52. The second kappa shape index (κ2) is 4.46. The summed E-state index contributed by atoms with van der Waals surface area (Å²) in [5, 5.41) is 1.85. The van der Waals surface area contributed by atoms with Gasteiger partial charge in [0.2, 0.25) is 0 Å². The molecule has 0 aliphatic carbocycles. The van der Waals surface area contributed by atoms with Gasteiger partial charge in [-0.2, -0.15) is 0 Å². The number of hydrogen-bond donors (Lipinski definition) is 0. The van der Waals surface area contributed by atoms with Crippen LogP contribution < -0.4 is 0 Å². The summed E-state index contributed by atoms with van der Waals surface area (Å²) in [6.45, 7) is 7.94. The molecule has 0 N–H and O–H groups in total. The number of ether oxygens (including phenoxy) is 1. The molecule has 3 rings (SSSR count). The van der Waals surface area contributed by atoms with Gasteiger partial charge < -0.3 is 4.74 Å². The predicted molar refractivity (Wildman–Crippen MR) is 78.8 cm³/mol. The zero-order chi connectivity index (χ0) is 13.6. The molecule has 0 amide bonds. The summed E-state index contributed by atoms with van der Waals surface area (Å²) < 4.78 is 5.50. The highest BCUT2D eigenvalue weighted by Gasteiger charge is 2.22.